The van der Waals surface area contributed by atoms with Gasteiger partial charge in [0, 0.05) is 18.0 Å². The lowest BCUT2D eigenvalue weighted by Crippen LogP contribution is -2.43. The van der Waals surface area contributed by atoms with Gasteiger partial charge in [0.1, 0.15) is 0 Å². The van der Waals surface area contributed by atoms with E-state index >= 15 is 0 Å². The summed E-state index contributed by atoms with van der Waals surface area (Å²) in [6.07, 6.45) is 0.901. The molecule has 1 heterocycles. The third-order valence-electron chi connectivity index (χ3n) is 2.93. The van der Waals surface area contributed by atoms with Gasteiger partial charge in [-0.2, -0.15) is 0 Å². The molecule has 0 fully saturated rings. The van der Waals surface area contributed by atoms with E-state index in [-0.39, 0.29) is 6.04 Å². The molecule has 1 aliphatic heterocycles. The highest BCUT2D eigenvalue weighted by molar-refractivity contribution is 5.44. The molecule has 1 atom stereocenters. The lowest BCUT2D eigenvalue weighted by Gasteiger charge is -2.27. The lowest BCUT2D eigenvalue weighted by atomic mass is 9.90. The SMILES string of the molecule is CC(C)(N)C(N)c1ccc2c(c1)OCCCO2. The van der Waals surface area contributed by atoms with Crippen molar-refractivity contribution >= 4 is 0 Å². The molecule has 4 N–H and O–H groups in total. The fourth-order valence-electron chi connectivity index (χ4n) is 1.80. The van der Waals surface area contributed by atoms with Crippen molar-refractivity contribution in [3.63, 3.8) is 0 Å². The number of nitrogens with two attached hydrogens (primary N) is 2. The monoisotopic (exact) mass is 236 g/mol. The maximum absolute atomic E-state index is 6.12. The number of hydrogen-bond acceptors (Lipinski definition) is 4. The van der Waals surface area contributed by atoms with Gasteiger partial charge in [-0.05, 0) is 31.5 Å². The molecular formula is C13H20N2O2. The van der Waals surface area contributed by atoms with E-state index in [4.69, 9.17) is 20.9 Å². The predicted molar refractivity (Wildman–Crippen MR) is 67.2 cm³/mol. The molecule has 0 amide bonds. The number of fused-ring (bicyclic) bond motifs is 1. The fourth-order valence-corrected chi connectivity index (χ4v) is 1.80. The number of ether oxygens (including phenoxy) is 2. The van der Waals surface area contributed by atoms with Crippen molar-refractivity contribution in [3.05, 3.63) is 23.8 Å². The summed E-state index contributed by atoms with van der Waals surface area (Å²) < 4.78 is 11.2. The van der Waals surface area contributed by atoms with Gasteiger partial charge < -0.3 is 20.9 Å². The van der Waals surface area contributed by atoms with Crippen LogP contribution in [0.25, 0.3) is 0 Å². The Kier molecular flexibility index (Phi) is 3.26. The molecule has 94 valence electrons. The summed E-state index contributed by atoms with van der Waals surface area (Å²) in [5.41, 5.74) is 12.7. The molecule has 4 heteroatoms. The molecule has 1 aromatic carbocycles. The smallest absolute Gasteiger partial charge is 0.161 e. The molecule has 4 nitrogen and oxygen atoms in total. The first-order valence-electron chi connectivity index (χ1n) is 5.92. The van der Waals surface area contributed by atoms with Crippen LogP contribution in [0.2, 0.25) is 0 Å². The Labute approximate surface area is 102 Å². The summed E-state index contributed by atoms with van der Waals surface area (Å²) in [6, 6.07) is 5.56. The minimum atomic E-state index is -0.459. The summed E-state index contributed by atoms with van der Waals surface area (Å²) in [6.45, 7) is 5.21. The van der Waals surface area contributed by atoms with Gasteiger partial charge in [-0.25, -0.2) is 0 Å². The van der Waals surface area contributed by atoms with Crippen LogP contribution in [-0.2, 0) is 0 Å². The van der Waals surface area contributed by atoms with Gasteiger partial charge in [0.15, 0.2) is 11.5 Å². The van der Waals surface area contributed by atoms with Crippen LogP contribution in [0.4, 0.5) is 0 Å². The van der Waals surface area contributed by atoms with Crippen LogP contribution in [0.1, 0.15) is 31.9 Å². The minimum Gasteiger partial charge on any atom is -0.490 e. The Balaban J connectivity index is 2.29. The van der Waals surface area contributed by atoms with E-state index in [9.17, 15) is 0 Å². The van der Waals surface area contributed by atoms with Crippen LogP contribution in [0.3, 0.4) is 0 Å². The summed E-state index contributed by atoms with van der Waals surface area (Å²) in [5, 5.41) is 0. The van der Waals surface area contributed by atoms with Gasteiger partial charge in [-0.1, -0.05) is 6.07 Å². The zero-order valence-electron chi connectivity index (χ0n) is 10.4. The molecule has 0 saturated heterocycles. The second kappa shape index (κ2) is 4.55. The second-order valence-corrected chi connectivity index (χ2v) is 5.06. The Hall–Kier alpha value is -1.26. The van der Waals surface area contributed by atoms with Gasteiger partial charge >= 0.3 is 0 Å². The third-order valence-corrected chi connectivity index (χ3v) is 2.93. The summed E-state index contributed by atoms with van der Waals surface area (Å²) in [4.78, 5) is 0. The Morgan fingerprint density at radius 3 is 2.47 bits per heavy atom. The van der Waals surface area contributed by atoms with Crippen LogP contribution in [0, 0.1) is 0 Å². The third kappa shape index (κ3) is 2.70. The molecule has 0 spiro atoms. The first-order chi connectivity index (χ1) is 7.98. The van der Waals surface area contributed by atoms with Gasteiger partial charge in [-0.15, -0.1) is 0 Å². The predicted octanol–water partition coefficient (Wildman–Crippen LogP) is 1.58. The largest absolute Gasteiger partial charge is 0.490 e. The van der Waals surface area contributed by atoms with Crippen molar-refractivity contribution in [1.82, 2.24) is 0 Å². The van der Waals surface area contributed by atoms with Crippen molar-refractivity contribution < 1.29 is 9.47 Å². The standard InChI is InChI=1S/C13H20N2O2/c1-13(2,15)12(14)9-4-5-10-11(8-9)17-7-3-6-16-10/h4-5,8,12H,3,6-7,14-15H2,1-2H3. The maximum atomic E-state index is 6.12. The number of hydrogen-bond donors (Lipinski definition) is 2. The van der Waals surface area contributed by atoms with E-state index < -0.39 is 5.54 Å². The van der Waals surface area contributed by atoms with Gasteiger partial charge in [0.05, 0.1) is 13.2 Å². The van der Waals surface area contributed by atoms with Crippen molar-refractivity contribution in [1.29, 1.82) is 0 Å². The van der Waals surface area contributed by atoms with Crippen LogP contribution in [0.5, 0.6) is 11.5 Å². The van der Waals surface area contributed by atoms with Crippen LogP contribution < -0.4 is 20.9 Å². The van der Waals surface area contributed by atoms with Crippen LogP contribution in [-0.4, -0.2) is 18.8 Å². The Morgan fingerprint density at radius 1 is 1.18 bits per heavy atom. The van der Waals surface area contributed by atoms with Gasteiger partial charge in [0.25, 0.3) is 0 Å². The molecule has 1 aliphatic rings. The zero-order valence-corrected chi connectivity index (χ0v) is 10.4. The molecular weight excluding hydrogens is 216 g/mol. The summed E-state index contributed by atoms with van der Waals surface area (Å²) >= 11 is 0. The van der Waals surface area contributed by atoms with Crippen LogP contribution in [0.15, 0.2) is 18.2 Å². The molecule has 0 bridgehead atoms. The van der Waals surface area contributed by atoms with Crippen molar-refractivity contribution in [2.24, 2.45) is 11.5 Å². The Morgan fingerprint density at radius 2 is 1.82 bits per heavy atom. The van der Waals surface area contributed by atoms with E-state index in [2.05, 4.69) is 0 Å². The van der Waals surface area contributed by atoms with E-state index in [1.807, 2.05) is 32.0 Å². The first kappa shape index (κ1) is 12.2. The molecule has 0 radical (unpaired) electrons. The van der Waals surface area contributed by atoms with E-state index in [0.717, 1.165) is 23.5 Å². The van der Waals surface area contributed by atoms with E-state index in [1.54, 1.807) is 0 Å². The van der Waals surface area contributed by atoms with Gasteiger partial charge in [-0.3, -0.25) is 0 Å². The molecule has 17 heavy (non-hydrogen) atoms. The summed E-state index contributed by atoms with van der Waals surface area (Å²) in [7, 11) is 0. The number of rotatable bonds is 2. The van der Waals surface area contributed by atoms with E-state index in [0.29, 0.717) is 13.2 Å². The average molecular weight is 236 g/mol. The van der Waals surface area contributed by atoms with Crippen LogP contribution >= 0.6 is 0 Å². The van der Waals surface area contributed by atoms with Gasteiger partial charge in [0.2, 0.25) is 0 Å². The fraction of sp³-hybridized carbons (Fsp3) is 0.538. The summed E-state index contributed by atoms with van der Waals surface area (Å²) in [5.74, 6) is 1.55. The minimum absolute atomic E-state index is 0.223. The second-order valence-electron chi connectivity index (χ2n) is 5.06. The highest BCUT2D eigenvalue weighted by Gasteiger charge is 2.24. The molecule has 0 aromatic heterocycles. The first-order valence-corrected chi connectivity index (χ1v) is 5.92. The highest BCUT2D eigenvalue weighted by Crippen LogP contribution is 2.33. The van der Waals surface area contributed by atoms with E-state index in [1.165, 1.54) is 0 Å². The van der Waals surface area contributed by atoms with Crippen molar-refractivity contribution in [3.8, 4) is 11.5 Å². The normalized spacial score (nSPS) is 17.4. The van der Waals surface area contributed by atoms with Crippen molar-refractivity contribution in [2.45, 2.75) is 31.8 Å². The maximum Gasteiger partial charge on any atom is 0.161 e. The molecule has 1 aromatic rings. The quantitative estimate of drug-likeness (QED) is 0.818. The molecule has 1 unspecified atom stereocenters. The molecule has 2 rings (SSSR count). The lowest BCUT2D eigenvalue weighted by molar-refractivity contribution is 0.297. The average Bonchev–Trinajstić information content (AvgIpc) is 2.50. The number of benzene rings is 1. The molecule has 0 aliphatic carbocycles. The van der Waals surface area contributed by atoms with Crippen molar-refractivity contribution in [2.75, 3.05) is 13.2 Å². The molecule has 0 saturated carbocycles. The Bertz CT molecular complexity index is 399. The zero-order chi connectivity index (χ0) is 12.5. The topological polar surface area (TPSA) is 70.5 Å². The highest BCUT2D eigenvalue weighted by atomic mass is 16.5.